The second-order valence-corrected chi connectivity index (χ2v) is 3.91. The number of nitrogens with one attached hydrogen (secondary N) is 1. The lowest BCUT2D eigenvalue weighted by molar-refractivity contribution is 0.575. The third-order valence-corrected chi connectivity index (χ3v) is 2.85. The van der Waals surface area contributed by atoms with Gasteiger partial charge in [-0.05, 0) is 13.3 Å². The van der Waals surface area contributed by atoms with Crippen LogP contribution in [-0.2, 0) is 10.0 Å². The Labute approximate surface area is 54.9 Å². The van der Waals surface area contributed by atoms with Crippen molar-refractivity contribution in [1.29, 1.82) is 0 Å². The summed E-state index contributed by atoms with van der Waals surface area (Å²) in [5.74, 6) is 0. The lowest BCUT2D eigenvalue weighted by Gasteiger charge is -2.13. The Kier molecular flexibility index (Phi) is 3.10. The van der Waals surface area contributed by atoms with Gasteiger partial charge < -0.3 is 5.21 Å². The van der Waals surface area contributed by atoms with Gasteiger partial charge in [-0.15, -0.1) is 0 Å². The molecule has 1 unspecified atom stereocenters. The smallest absolute Gasteiger partial charge is 0.203 e. The Hall–Kier alpha value is -0.130. The highest BCUT2D eigenvalue weighted by Gasteiger charge is 2.12. The summed E-state index contributed by atoms with van der Waals surface area (Å²) in [5, 5.41) is 9.13. The first-order chi connectivity index (χ1) is 4.04. The Morgan fingerprint density at radius 3 is 2.22 bits per heavy atom. The molecule has 56 valence electrons. The first kappa shape index (κ1) is 8.87. The molecule has 0 spiro atoms. The molecule has 4 nitrogen and oxygen atoms in total. The van der Waals surface area contributed by atoms with E-state index in [1.54, 1.807) is 6.92 Å². The van der Waals surface area contributed by atoms with Crippen LogP contribution < -0.4 is 4.89 Å². The van der Waals surface area contributed by atoms with Crippen LogP contribution in [0.2, 0.25) is 0 Å². The van der Waals surface area contributed by atoms with Crippen LogP contribution in [0.5, 0.6) is 0 Å². The van der Waals surface area contributed by atoms with Gasteiger partial charge >= 0.3 is 0 Å². The van der Waals surface area contributed by atoms with Gasteiger partial charge in [-0.3, -0.25) is 4.89 Å². The highest BCUT2D eigenvalue weighted by atomic mass is 32.2. The highest BCUT2D eigenvalue weighted by molar-refractivity contribution is 7.90. The van der Waals surface area contributed by atoms with Gasteiger partial charge in [0, 0.05) is 0 Å². The van der Waals surface area contributed by atoms with Gasteiger partial charge in [-0.2, -0.15) is 0 Å². The van der Waals surface area contributed by atoms with Gasteiger partial charge in [-0.25, -0.2) is 8.42 Å². The summed E-state index contributed by atoms with van der Waals surface area (Å²) < 4.78 is 21.0. The van der Waals surface area contributed by atoms with Gasteiger partial charge in [0.2, 0.25) is 10.0 Å². The Bertz CT molecular complexity index is 163. The first-order valence-corrected chi connectivity index (χ1v) is 4.22. The molecular weight excluding hydrogens is 142 g/mol. The van der Waals surface area contributed by atoms with E-state index in [0.29, 0.717) is 6.42 Å². The molecule has 0 aromatic carbocycles. The largest absolute Gasteiger partial charge is 0.775 e. The highest BCUT2D eigenvalue weighted by Crippen LogP contribution is 2.00. The van der Waals surface area contributed by atoms with Gasteiger partial charge in [0.05, 0.1) is 5.25 Å². The number of rotatable bonds is 3. The summed E-state index contributed by atoms with van der Waals surface area (Å²) in [6.07, 6.45) is 0.456. The zero-order valence-corrected chi connectivity index (χ0v) is 6.23. The molecule has 0 aliphatic heterocycles. The van der Waals surface area contributed by atoms with Crippen molar-refractivity contribution in [3.05, 3.63) is 5.21 Å². The zero-order chi connectivity index (χ0) is 7.49. The van der Waals surface area contributed by atoms with Crippen LogP contribution in [0.3, 0.4) is 0 Å². The molecule has 0 aliphatic carbocycles. The van der Waals surface area contributed by atoms with Crippen LogP contribution in [0.15, 0.2) is 0 Å². The number of hydrogen-bond acceptors (Lipinski definition) is 3. The molecule has 0 aliphatic rings. The molecule has 0 bridgehead atoms. The van der Waals surface area contributed by atoms with E-state index in [4.69, 9.17) is 0 Å². The third kappa shape index (κ3) is 2.30. The minimum Gasteiger partial charge on any atom is -0.775 e. The maximum absolute atomic E-state index is 10.5. The van der Waals surface area contributed by atoms with Crippen molar-refractivity contribution in [2.45, 2.75) is 25.5 Å². The zero-order valence-electron chi connectivity index (χ0n) is 5.42. The summed E-state index contributed by atoms with van der Waals surface area (Å²) in [6.45, 7) is 3.19. The Morgan fingerprint density at radius 2 is 2.11 bits per heavy atom. The van der Waals surface area contributed by atoms with Crippen LogP contribution in [0.1, 0.15) is 20.3 Å². The van der Waals surface area contributed by atoms with Crippen molar-refractivity contribution < 1.29 is 8.42 Å². The summed E-state index contributed by atoms with van der Waals surface area (Å²) in [7, 11) is -3.55. The van der Waals surface area contributed by atoms with E-state index in [0.717, 1.165) is 4.89 Å². The summed E-state index contributed by atoms with van der Waals surface area (Å²) in [6, 6.07) is 0. The Morgan fingerprint density at radius 1 is 1.67 bits per heavy atom. The fraction of sp³-hybridized carbons (Fsp3) is 1.00. The SMILES string of the molecule is CCC(C)S(=O)(=O)N[O-]. The van der Waals surface area contributed by atoms with Crippen LogP contribution in [0.4, 0.5) is 0 Å². The van der Waals surface area contributed by atoms with E-state index in [-0.39, 0.29) is 0 Å². The summed E-state index contributed by atoms with van der Waals surface area (Å²) in [4.78, 5) is 1.01. The lowest BCUT2D eigenvalue weighted by Crippen LogP contribution is -2.27. The minimum atomic E-state index is -3.55. The van der Waals surface area contributed by atoms with Gasteiger partial charge in [0.25, 0.3) is 0 Å². The van der Waals surface area contributed by atoms with Crippen LogP contribution in [0, 0.1) is 5.21 Å². The molecule has 0 fully saturated rings. The molecule has 0 aromatic heterocycles. The molecule has 0 rings (SSSR count). The monoisotopic (exact) mass is 152 g/mol. The van der Waals surface area contributed by atoms with E-state index >= 15 is 0 Å². The van der Waals surface area contributed by atoms with Crippen LogP contribution in [0.25, 0.3) is 0 Å². The normalized spacial score (nSPS) is 15.4. The van der Waals surface area contributed by atoms with Crippen molar-refractivity contribution >= 4 is 10.0 Å². The molecular formula is C4H10NO3S-. The van der Waals surface area contributed by atoms with Crippen LogP contribution >= 0.6 is 0 Å². The summed E-state index contributed by atoms with van der Waals surface area (Å²) in [5.41, 5.74) is 0. The molecule has 9 heavy (non-hydrogen) atoms. The fourth-order valence-corrected chi connectivity index (χ4v) is 0.905. The van der Waals surface area contributed by atoms with Crippen molar-refractivity contribution in [2.24, 2.45) is 0 Å². The second kappa shape index (κ2) is 3.14. The van der Waals surface area contributed by atoms with Gasteiger partial charge in [0.15, 0.2) is 0 Å². The van der Waals surface area contributed by atoms with E-state index in [1.807, 2.05) is 0 Å². The molecule has 0 aromatic rings. The molecule has 0 amide bonds. The predicted octanol–water partition coefficient (Wildman–Crippen LogP) is 0.202. The van der Waals surface area contributed by atoms with Crippen molar-refractivity contribution in [3.63, 3.8) is 0 Å². The molecule has 0 heterocycles. The topological polar surface area (TPSA) is 69.2 Å². The Balaban J connectivity index is 4.17. The molecule has 1 N–H and O–H groups in total. The predicted molar refractivity (Wildman–Crippen MR) is 35.2 cm³/mol. The van der Waals surface area contributed by atoms with E-state index in [9.17, 15) is 13.6 Å². The first-order valence-electron chi connectivity index (χ1n) is 2.67. The fourth-order valence-electron chi connectivity index (χ4n) is 0.302. The lowest BCUT2D eigenvalue weighted by atomic mass is 10.4. The maximum atomic E-state index is 10.5. The van der Waals surface area contributed by atoms with E-state index in [2.05, 4.69) is 0 Å². The molecule has 0 saturated carbocycles. The van der Waals surface area contributed by atoms with Crippen LogP contribution in [-0.4, -0.2) is 13.7 Å². The summed E-state index contributed by atoms with van der Waals surface area (Å²) >= 11 is 0. The maximum Gasteiger partial charge on any atom is 0.203 e. The average Bonchev–Trinajstić information content (AvgIpc) is 1.86. The van der Waals surface area contributed by atoms with Crippen molar-refractivity contribution in [2.75, 3.05) is 0 Å². The second-order valence-electron chi connectivity index (χ2n) is 1.85. The number of sulfonamides is 1. The van der Waals surface area contributed by atoms with Gasteiger partial charge in [-0.1, -0.05) is 6.92 Å². The standard InChI is InChI=1S/C4H10NO3S/c1-3-4(2)9(7,8)5-6/h4-5H,3H2,1-2H3/q-1. The quantitative estimate of drug-likeness (QED) is 0.587. The van der Waals surface area contributed by atoms with E-state index in [1.165, 1.54) is 6.92 Å². The van der Waals surface area contributed by atoms with E-state index < -0.39 is 15.3 Å². The molecule has 1 atom stereocenters. The molecule has 0 radical (unpaired) electrons. The molecule has 5 heteroatoms. The van der Waals surface area contributed by atoms with Crippen molar-refractivity contribution in [1.82, 2.24) is 4.89 Å². The number of hydrogen-bond donors (Lipinski definition) is 1. The molecule has 0 saturated heterocycles. The van der Waals surface area contributed by atoms with Crippen molar-refractivity contribution in [3.8, 4) is 0 Å². The average molecular weight is 152 g/mol. The minimum absolute atomic E-state index is 0.456. The third-order valence-electron chi connectivity index (χ3n) is 1.22. The van der Waals surface area contributed by atoms with Gasteiger partial charge in [0.1, 0.15) is 0 Å².